The Kier molecular flexibility index (Phi) is 5.82. The molecule has 2 heterocycles. The number of nitriles is 1. The Morgan fingerprint density at radius 3 is 2.83 bits per heavy atom. The van der Waals surface area contributed by atoms with Crippen LogP contribution in [0.2, 0.25) is 0 Å². The van der Waals surface area contributed by atoms with Crippen molar-refractivity contribution < 1.29 is 13.9 Å². The van der Waals surface area contributed by atoms with Gasteiger partial charge < -0.3 is 14.9 Å². The number of esters is 1. The number of carbonyl (C=O) groups is 1. The zero-order chi connectivity index (χ0) is 17.7. The molecule has 0 saturated carbocycles. The van der Waals surface area contributed by atoms with Gasteiger partial charge in [0, 0.05) is 0 Å². The van der Waals surface area contributed by atoms with Gasteiger partial charge in [-0.15, -0.1) is 0 Å². The van der Waals surface area contributed by atoms with Crippen molar-refractivity contribution >= 4 is 23.5 Å². The number of hydrogen-bond donors (Lipinski definition) is 1. The minimum absolute atomic E-state index is 0.147. The lowest BCUT2D eigenvalue weighted by molar-refractivity contribution is 0.0563. The molecule has 0 aliphatic carbocycles. The standard InChI is InChI=1S/C16H18N4O3S/c1-9(2)6-12-11(7-17)14(18)20-16(19-12)24-8-10-4-5-13(23-10)15(21)22-3/h4-5,9H,6,8H2,1-3H3,(H2,18,19,20). The Hall–Kier alpha value is -2.53. The monoisotopic (exact) mass is 346 g/mol. The molecule has 126 valence electrons. The van der Waals surface area contributed by atoms with E-state index < -0.39 is 5.97 Å². The van der Waals surface area contributed by atoms with Crippen LogP contribution >= 0.6 is 11.8 Å². The van der Waals surface area contributed by atoms with Crippen LogP contribution in [-0.2, 0) is 16.9 Å². The van der Waals surface area contributed by atoms with Gasteiger partial charge in [0.15, 0.2) is 5.16 Å². The smallest absolute Gasteiger partial charge is 0.373 e. The van der Waals surface area contributed by atoms with Crippen molar-refractivity contribution in [1.82, 2.24) is 9.97 Å². The van der Waals surface area contributed by atoms with E-state index in [-0.39, 0.29) is 11.6 Å². The van der Waals surface area contributed by atoms with E-state index in [1.165, 1.54) is 18.9 Å². The van der Waals surface area contributed by atoms with Crippen molar-refractivity contribution in [3.8, 4) is 6.07 Å². The summed E-state index contributed by atoms with van der Waals surface area (Å²) in [4.78, 5) is 20.0. The molecule has 0 amide bonds. The van der Waals surface area contributed by atoms with Crippen molar-refractivity contribution in [1.29, 1.82) is 5.26 Å². The number of thioether (sulfide) groups is 1. The number of nitrogen functional groups attached to an aromatic ring is 1. The highest BCUT2D eigenvalue weighted by atomic mass is 32.2. The highest BCUT2D eigenvalue weighted by Crippen LogP contribution is 2.25. The van der Waals surface area contributed by atoms with Crippen LogP contribution in [0.4, 0.5) is 5.82 Å². The van der Waals surface area contributed by atoms with Crippen LogP contribution < -0.4 is 5.73 Å². The van der Waals surface area contributed by atoms with E-state index in [1.807, 2.05) is 13.8 Å². The quantitative estimate of drug-likeness (QED) is 0.482. The molecule has 0 aliphatic rings. The summed E-state index contributed by atoms with van der Waals surface area (Å²) >= 11 is 1.32. The molecule has 2 N–H and O–H groups in total. The van der Waals surface area contributed by atoms with Crippen LogP contribution in [-0.4, -0.2) is 23.0 Å². The Morgan fingerprint density at radius 1 is 1.46 bits per heavy atom. The maximum absolute atomic E-state index is 11.4. The summed E-state index contributed by atoms with van der Waals surface area (Å²) in [5.74, 6) is 1.18. The zero-order valence-electron chi connectivity index (χ0n) is 13.7. The molecule has 0 atom stereocenters. The van der Waals surface area contributed by atoms with E-state index in [4.69, 9.17) is 10.2 Å². The highest BCUT2D eigenvalue weighted by molar-refractivity contribution is 7.98. The zero-order valence-corrected chi connectivity index (χ0v) is 14.5. The van der Waals surface area contributed by atoms with Gasteiger partial charge in [-0.05, 0) is 24.5 Å². The van der Waals surface area contributed by atoms with Crippen molar-refractivity contribution in [2.24, 2.45) is 5.92 Å². The maximum atomic E-state index is 11.4. The van der Waals surface area contributed by atoms with E-state index in [0.717, 1.165) is 0 Å². The predicted octanol–water partition coefficient (Wildman–Crippen LogP) is 2.80. The summed E-state index contributed by atoms with van der Waals surface area (Å²) < 4.78 is 9.99. The van der Waals surface area contributed by atoms with Crippen molar-refractivity contribution in [3.63, 3.8) is 0 Å². The Morgan fingerprint density at radius 2 is 2.21 bits per heavy atom. The first-order valence-corrected chi connectivity index (χ1v) is 8.29. The number of nitrogens with two attached hydrogens (primary N) is 1. The number of furan rings is 1. The summed E-state index contributed by atoms with van der Waals surface area (Å²) in [7, 11) is 1.29. The number of rotatable bonds is 6. The number of carbonyl (C=O) groups excluding carboxylic acids is 1. The van der Waals surface area contributed by atoms with Gasteiger partial charge in [-0.1, -0.05) is 25.6 Å². The fourth-order valence-corrected chi connectivity index (χ4v) is 2.79. The Balaban J connectivity index is 2.15. The van der Waals surface area contributed by atoms with Gasteiger partial charge in [-0.25, -0.2) is 14.8 Å². The van der Waals surface area contributed by atoms with Crippen LogP contribution in [0.25, 0.3) is 0 Å². The molecule has 2 rings (SSSR count). The SMILES string of the molecule is COC(=O)c1ccc(CSc2nc(N)c(C#N)c(CC(C)C)n2)o1. The average Bonchev–Trinajstić information content (AvgIpc) is 3.00. The summed E-state index contributed by atoms with van der Waals surface area (Å²) in [6.45, 7) is 4.09. The average molecular weight is 346 g/mol. The number of anilines is 1. The van der Waals surface area contributed by atoms with Crippen molar-refractivity contribution in [3.05, 3.63) is 34.9 Å². The Bertz CT molecular complexity index is 780. The molecule has 7 nitrogen and oxygen atoms in total. The molecule has 0 fully saturated rings. The number of nitrogens with zero attached hydrogens (tertiary/aromatic N) is 3. The molecule has 0 radical (unpaired) electrons. The van der Waals surface area contributed by atoms with Gasteiger partial charge in [-0.2, -0.15) is 5.26 Å². The third kappa shape index (κ3) is 4.26. The predicted molar refractivity (Wildman–Crippen MR) is 89.3 cm³/mol. The van der Waals surface area contributed by atoms with Crippen LogP contribution in [0.5, 0.6) is 0 Å². The second kappa shape index (κ2) is 7.84. The van der Waals surface area contributed by atoms with Crippen LogP contribution in [0.1, 0.15) is 41.4 Å². The minimum Gasteiger partial charge on any atom is -0.463 e. The van der Waals surface area contributed by atoms with E-state index in [0.29, 0.717) is 40.3 Å². The minimum atomic E-state index is -0.524. The topological polar surface area (TPSA) is 115 Å². The maximum Gasteiger partial charge on any atom is 0.373 e. The molecule has 0 bridgehead atoms. The largest absolute Gasteiger partial charge is 0.463 e. The van der Waals surface area contributed by atoms with Crippen LogP contribution in [0.15, 0.2) is 21.7 Å². The van der Waals surface area contributed by atoms with Crippen molar-refractivity contribution in [2.45, 2.75) is 31.2 Å². The van der Waals surface area contributed by atoms with Gasteiger partial charge in [0.05, 0.1) is 18.6 Å². The first kappa shape index (κ1) is 17.8. The van der Waals surface area contributed by atoms with Gasteiger partial charge in [-0.3, -0.25) is 0 Å². The van der Waals surface area contributed by atoms with Gasteiger partial charge in [0.1, 0.15) is 23.2 Å². The van der Waals surface area contributed by atoms with E-state index >= 15 is 0 Å². The number of ether oxygens (including phenoxy) is 1. The fourth-order valence-electron chi connectivity index (χ4n) is 2.03. The molecule has 8 heteroatoms. The lowest BCUT2D eigenvalue weighted by Gasteiger charge is -2.09. The van der Waals surface area contributed by atoms with E-state index in [2.05, 4.69) is 20.8 Å². The molecule has 0 saturated heterocycles. The summed E-state index contributed by atoms with van der Waals surface area (Å²) in [5.41, 5.74) is 6.85. The molecule has 2 aromatic heterocycles. The van der Waals surface area contributed by atoms with Crippen molar-refractivity contribution in [2.75, 3.05) is 12.8 Å². The van der Waals surface area contributed by atoms with E-state index in [1.54, 1.807) is 12.1 Å². The van der Waals surface area contributed by atoms with Gasteiger partial charge in [0.2, 0.25) is 5.76 Å². The third-order valence-electron chi connectivity index (χ3n) is 3.10. The first-order chi connectivity index (χ1) is 11.4. The Labute approximate surface area is 144 Å². The second-order valence-electron chi connectivity index (χ2n) is 5.47. The van der Waals surface area contributed by atoms with Crippen LogP contribution in [0, 0.1) is 17.2 Å². The summed E-state index contributed by atoms with van der Waals surface area (Å²) in [6.07, 6.45) is 0.649. The molecule has 0 aromatic carbocycles. The normalized spacial score (nSPS) is 10.6. The fraction of sp³-hybridized carbons (Fsp3) is 0.375. The number of aromatic nitrogens is 2. The highest BCUT2D eigenvalue weighted by Gasteiger charge is 2.15. The molecular weight excluding hydrogens is 328 g/mol. The summed E-state index contributed by atoms with van der Waals surface area (Å²) in [5, 5.41) is 9.68. The molecular formula is C16H18N4O3S. The molecule has 0 unspecified atom stereocenters. The molecule has 0 aliphatic heterocycles. The first-order valence-electron chi connectivity index (χ1n) is 7.30. The van der Waals surface area contributed by atoms with Crippen LogP contribution in [0.3, 0.4) is 0 Å². The van der Waals surface area contributed by atoms with Gasteiger partial charge >= 0.3 is 5.97 Å². The number of methoxy groups -OCH3 is 1. The van der Waals surface area contributed by atoms with Gasteiger partial charge in [0.25, 0.3) is 0 Å². The summed E-state index contributed by atoms with van der Waals surface area (Å²) in [6, 6.07) is 5.31. The molecule has 2 aromatic rings. The second-order valence-corrected chi connectivity index (χ2v) is 6.41. The third-order valence-corrected chi connectivity index (χ3v) is 3.97. The molecule has 24 heavy (non-hydrogen) atoms. The molecule has 0 spiro atoms. The van der Waals surface area contributed by atoms with E-state index in [9.17, 15) is 10.1 Å². The number of hydrogen-bond acceptors (Lipinski definition) is 8. The lowest BCUT2D eigenvalue weighted by Crippen LogP contribution is -2.07. The lowest BCUT2D eigenvalue weighted by atomic mass is 10.0.